The first-order valence-electron chi connectivity index (χ1n) is 23.5. The molecule has 0 radical (unpaired) electrons. The Labute approximate surface area is 469 Å². The van der Waals surface area contributed by atoms with Crippen LogP contribution in [0.5, 0.6) is 0 Å². The molecule has 7 nitrogen and oxygen atoms in total. The Morgan fingerprint density at radius 3 is 0.655 bits per heavy atom. The number of nitrogens with one attached hydrogen (secondary N) is 1. The highest BCUT2D eigenvalue weighted by atomic mass is 32.3. The zero-order chi connectivity index (χ0) is 65.0. The molecule has 0 saturated heterocycles. The van der Waals surface area contributed by atoms with Crippen molar-refractivity contribution in [2.45, 2.75) is 70.4 Å². The number of fused-ring (bicyclic) bond motifs is 7. The van der Waals surface area contributed by atoms with E-state index in [9.17, 15) is 116 Å². The van der Waals surface area contributed by atoms with Gasteiger partial charge >= 0.3 is 49.4 Å². The molecule has 0 saturated carbocycles. The van der Waals surface area contributed by atoms with Crippen LogP contribution in [0.15, 0.2) is 143 Å². The minimum Gasteiger partial charge on any atom is -0.376 e. The van der Waals surface area contributed by atoms with E-state index in [1.54, 1.807) is 0 Å². The van der Waals surface area contributed by atoms with Gasteiger partial charge in [-0.3, -0.25) is 0 Å². The fourth-order valence-corrected chi connectivity index (χ4v) is 13.9. The maximum absolute atomic E-state index is 15.4. The van der Waals surface area contributed by atoms with E-state index >= 15 is 16.8 Å². The first-order chi connectivity index (χ1) is 39.4. The highest BCUT2D eigenvalue weighted by Gasteiger charge is 2.53. The average Bonchev–Trinajstić information content (AvgIpc) is 1.69. The van der Waals surface area contributed by atoms with Crippen LogP contribution in [0.4, 0.5) is 105 Å². The lowest BCUT2D eigenvalue weighted by Gasteiger charge is -2.35. The van der Waals surface area contributed by atoms with E-state index in [1.807, 2.05) is 0 Å². The van der Waals surface area contributed by atoms with E-state index < -0.39 is 274 Å². The second-order valence-corrected chi connectivity index (χ2v) is 22.9. The Bertz CT molecular complexity index is 3830. The molecule has 0 bridgehead atoms. The van der Waals surface area contributed by atoms with E-state index in [-0.39, 0.29) is 12.1 Å². The maximum atomic E-state index is 15.4. The van der Waals surface area contributed by atoms with E-state index in [2.05, 4.69) is 0 Å². The van der Waals surface area contributed by atoms with Crippen LogP contribution in [-0.2, 0) is 80.7 Å². The summed E-state index contributed by atoms with van der Waals surface area (Å²) in [4.78, 5) is -4.21. The van der Waals surface area contributed by atoms with Gasteiger partial charge in [0.1, 0.15) is 11.2 Å². The van der Waals surface area contributed by atoms with Gasteiger partial charge in [-0.2, -0.15) is 105 Å². The highest BCUT2D eigenvalue weighted by Crippen LogP contribution is 2.56. The van der Waals surface area contributed by atoms with Gasteiger partial charge in [0.15, 0.2) is 0 Å². The summed E-state index contributed by atoms with van der Waals surface area (Å²) >= 11 is 0. The number of halogens is 24. The molecule has 3 N–H and O–H groups in total. The van der Waals surface area contributed by atoms with Crippen molar-refractivity contribution in [2.24, 2.45) is 0 Å². The zero-order valence-corrected chi connectivity index (χ0v) is 43.2. The molecule has 0 fully saturated rings. The first kappa shape index (κ1) is 63.9. The molecule has 0 unspecified atom stereocenters. The molecular formula is C54H25F24NO6S2. The Kier molecular flexibility index (Phi) is 14.6. The Morgan fingerprint density at radius 2 is 0.460 bits per heavy atom. The second kappa shape index (κ2) is 19.9. The fourth-order valence-electron chi connectivity index (χ4n) is 10.1. The monoisotopic (exact) mass is 1300 g/mol. The standard InChI is InChI=1S/C54H25F24NO6S2/c55-47(56,57)29-11-25(12-30(19-29)48(58,59)60)45(80,26-13-31(49(61,62)63)20-32(14-26)50(64,65)66)39-9-23-5-1-3-7-37(23)41-42-38-8-4-2-6-24(38)10-40(44(42)87(84,85)79-86(82,83)43(39)41)46(81,27-15-33(51(67,68)69)21-34(16-27)52(70,71)72)28-17-35(53(73,74)75)22-36(18-28)54(76,77)78/h1-22,79-81H. The molecule has 33 heteroatoms. The molecule has 0 amide bonds. The lowest BCUT2D eigenvalue weighted by Crippen LogP contribution is -2.37. The largest absolute Gasteiger partial charge is 0.416 e. The SMILES string of the molecule is O=S1(=O)NS(=O)(=O)c2c(C(O)(c3cc(C(F)(F)F)cc(C(F)(F)F)c3)c3cc(C(F)(F)F)cc(C(F)(F)F)c3)cc3ccccc3c2-c2c1c(C(O)(c1cc(C(F)(F)F)cc(C(F)(F)F)c1)c1cc(C(F)(F)F)cc(C(F)(F)F)c1)cc1ccccc21. The van der Waals surface area contributed by atoms with E-state index in [0.29, 0.717) is 0 Å². The predicted octanol–water partition coefficient (Wildman–Crippen LogP) is 16.4. The average molecular weight is 1300 g/mol. The number of aliphatic hydroxyl groups is 2. The van der Waals surface area contributed by atoms with E-state index in [4.69, 9.17) is 0 Å². The fraction of sp³-hybridized carbons (Fsp3) is 0.185. The summed E-state index contributed by atoms with van der Waals surface area (Å²) in [5, 5.41) is 23.3. The maximum Gasteiger partial charge on any atom is 0.416 e. The molecule has 87 heavy (non-hydrogen) atoms. The van der Waals surface area contributed by atoms with Crippen molar-refractivity contribution >= 4 is 41.6 Å². The second-order valence-electron chi connectivity index (χ2n) is 19.4. The molecule has 1 aliphatic rings. The van der Waals surface area contributed by atoms with Gasteiger partial charge < -0.3 is 10.2 Å². The minimum atomic E-state index is -6.76. The summed E-state index contributed by atoms with van der Waals surface area (Å²) < 4.78 is 417. The predicted molar refractivity (Wildman–Crippen MR) is 254 cm³/mol. The van der Waals surface area contributed by atoms with Crippen molar-refractivity contribution in [3.8, 4) is 11.1 Å². The highest BCUT2D eigenvalue weighted by molar-refractivity contribution is 8.05. The smallest absolute Gasteiger partial charge is 0.376 e. The van der Waals surface area contributed by atoms with Gasteiger partial charge in [-0.05, 0) is 129 Å². The normalized spacial score (nSPS) is 15.6. The van der Waals surface area contributed by atoms with Crippen LogP contribution in [0.25, 0.3) is 32.7 Å². The molecule has 9 rings (SSSR count). The van der Waals surface area contributed by atoms with E-state index in [0.717, 1.165) is 52.7 Å². The number of hydrogen-bond donors (Lipinski definition) is 3. The Balaban J connectivity index is 1.61. The number of benzene rings is 8. The summed E-state index contributed by atoms with van der Waals surface area (Å²) in [6.45, 7) is 0. The van der Waals surface area contributed by atoms with Gasteiger partial charge in [-0.25, -0.2) is 16.8 Å². The third kappa shape index (κ3) is 11.4. The summed E-state index contributed by atoms with van der Waals surface area (Å²) in [6.07, 6.45) is -48.4. The van der Waals surface area contributed by atoms with Crippen molar-refractivity contribution in [3.63, 3.8) is 0 Å². The Hall–Kier alpha value is -7.62. The van der Waals surface area contributed by atoms with Crippen molar-refractivity contribution in [3.05, 3.63) is 211 Å². The van der Waals surface area contributed by atoms with Crippen LogP contribution in [-0.4, -0.2) is 27.0 Å². The Morgan fingerprint density at radius 1 is 0.276 bits per heavy atom. The third-order valence-electron chi connectivity index (χ3n) is 13.8. The molecule has 1 heterocycles. The van der Waals surface area contributed by atoms with Gasteiger partial charge in [0.25, 0.3) is 20.0 Å². The molecule has 0 atom stereocenters. The molecule has 1 aliphatic heterocycles. The number of rotatable bonds is 6. The van der Waals surface area contributed by atoms with E-state index in [1.165, 1.54) is 0 Å². The summed E-state index contributed by atoms with van der Waals surface area (Å²) in [6, 6.07) is 0.272. The molecule has 8 aromatic rings. The van der Waals surface area contributed by atoms with Crippen molar-refractivity contribution in [2.75, 3.05) is 0 Å². The quantitative estimate of drug-likeness (QED) is 0.113. The van der Waals surface area contributed by atoms with Crippen molar-refractivity contribution in [1.29, 1.82) is 0 Å². The topological polar surface area (TPSA) is 121 Å². The molecule has 8 aromatic carbocycles. The van der Waals surface area contributed by atoms with Crippen molar-refractivity contribution < 1.29 is 132 Å². The summed E-state index contributed by atoms with van der Waals surface area (Å²) in [5.41, 5.74) is -45.0. The van der Waals surface area contributed by atoms with Gasteiger partial charge in [-0.15, -0.1) is 4.13 Å². The van der Waals surface area contributed by atoms with Gasteiger partial charge in [0, 0.05) is 22.3 Å². The number of sulfonamides is 2. The van der Waals surface area contributed by atoms with Crippen LogP contribution in [0.3, 0.4) is 0 Å². The lowest BCUT2D eigenvalue weighted by atomic mass is 9.75. The zero-order valence-electron chi connectivity index (χ0n) is 41.6. The summed E-state index contributed by atoms with van der Waals surface area (Å²) in [5.74, 6) is 0. The summed E-state index contributed by atoms with van der Waals surface area (Å²) in [7, 11) is -13.5. The number of hydrogen-bond acceptors (Lipinski definition) is 6. The third-order valence-corrected chi connectivity index (χ3v) is 17.5. The van der Waals surface area contributed by atoms with Gasteiger partial charge in [0.2, 0.25) is 0 Å². The molecule has 0 spiro atoms. The lowest BCUT2D eigenvalue weighted by molar-refractivity contribution is -0.145. The molecular weight excluding hydrogens is 1280 g/mol. The van der Waals surface area contributed by atoms with Crippen LogP contribution < -0.4 is 4.13 Å². The molecule has 462 valence electrons. The molecule has 0 aromatic heterocycles. The van der Waals surface area contributed by atoms with Gasteiger partial charge in [0.05, 0.1) is 54.3 Å². The first-order valence-corrected chi connectivity index (χ1v) is 26.4. The number of alkyl halides is 24. The van der Waals surface area contributed by atoms with Gasteiger partial charge in [-0.1, -0.05) is 48.5 Å². The minimum absolute atomic E-state index is 0.205. The van der Waals surface area contributed by atoms with Crippen LogP contribution >= 0.6 is 0 Å². The molecule has 0 aliphatic carbocycles. The van der Waals surface area contributed by atoms with Crippen LogP contribution in [0.2, 0.25) is 0 Å². The van der Waals surface area contributed by atoms with Crippen LogP contribution in [0.1, 0.15) is 77.9 Å². The van der Waals surface area contributed by atoms with Crippen molar-refractivity contribution in [1.82, 2.24) is 4.13 Å². The van der Waals surface area contributed by atoms with Crippen LogP contribution in [0, 0.1) is 0 Å².